The standard InChI is InChI=1S/C12H10F2N2O3/c1-2-19-11(18)12(13,14)10(17)16-9-5-3-8(7-15)4-6-9/h3-6H,2H2,1H3,(H,16,17). The third-order valence-corrected chi connectivity index (χ3v) is 2.09. The molecule has 0 saturated carbocycles. The van der Waals surface area contributed by atoms with Crippen LogP contribution < -0.4 is 5.32 Å². The van der Waals surface area contributed by atoms with Crippen LogP contribution in [0.1, 0.15) is 12.5 Å². The summed E-state index contributed by atoms with van der Waals surface area (Å²) in [7, 11) is 0. The van der Waals surface area contributed by atoms with Crippen molar-refractivity contribution in [3.63, 3.8) is 0 Å². The largest absolute Gasteiger partial charge is 0.461 e. The minimum absolute atomic E-state index is 0.0490. The zero-order valence-corrected chi connectivity index (χ0v) is 9.94. The molecule has 0 aliphatic rings. The summed E-state index contributed by atoms with van der Waals surface area (Å²) in [5, 5.41) is 10.4. The number of hydrogen-bond acceptors (Lipinski definition) is 4. The number of anilines is 1. The lowest BCUT2D eigenvalue weighted by atomic mass is 10.2. The molecule has 1 N–H and O–H groups in total. The molecule has 0 saturated heterocycles. The summed E-state index contributed by atoms with van der Waals surface area (Å²) in [4.78, 5) is 22.2. The molecular weight excluding hydrogens is 258 g/mol. The number of ether oxygens (including phenoxy) is 1. The number of nitriles is 1. The Hall–Kier alpha value is -2.49. The van der Waals surface area contributed by atoms with E-state index in [2.05, 4.69) is 4.74 Å². The lowest BCUT2D eigenvalue weighted by Gasteiger charge is -2.14. The van der Waals surface area contributed by atoms with Gasteiger partial charge in [0, 0.05) is 5.69 Å². The molecule has 0 aliphatic heterocycles. The van der Waals surface area contributed by atoms with Crippen molar-refractivity contribution in [2.45, 2.75) is 12.8 Å². The fraction of sp³-hybridized carbons (Fsp3) is 0.250. The number of alkyl halides is 2. The van der Waals surface area contributed by atoms with Crippen molar-refractivity contribution < 1.29 is 23.1 Å². The molecule has 0 atom stereocenters. The summed E-state index contributed by atoms with van der Waals surface area (Å²) in [6.07, 6.45) is 0. The van der Waals surface area contributed by atoms with Gasteiger partial charge in [0.1, 0.15) is 0 Å². The first-order chi connectivity index (χ1) is 8.91. The van der Waals surface area contributed by atoms with Crippen molar-refractivity contribution in [1.82, 2.24) is 0 Å². The molecule has 100 valence electrons. The Morgan fingerprint density at radius 3 is 2.42 bits per heavy atom. The van der Waals surface area contributed by atoms with Crippen LogP contribution in [0.2, 0.25) is 0 Å². The van der Waals surface area contributed by atoms with E-state index in [9.17, 15) is 18.4 Å². The van der Waals surface area contributed by atoms with Crippen LogP contribution in [0.5, 0.6) is 0 Å². The molecule has 1 aromatic rings. The predicted molar refractivity (Wildman–Crippen MR) is 61.4 cm³/mol. The number of rotatable bonds is 4. The summed E-state index contributed by atoms with van der Waals surface area (Å²) < 4.78 is 30.7. The van der Waals surface area contributed by atoms with Crippen LogP contribution in [0.4, 0.5) is 14.5 Å². The lowest BCUT2D eigenvalue weighted by molar-refractivity contribution is -0.175. The van der Waals surface area contributed by atoms with Crippen molar-refractivity contribution in [3.8, 4) is 6.07 Å². The normalized spacial score (nSPS) is 10.4. The second-order valence-corrected chi connectivity index (χ2v) is 3.44. The number of hydrogen-bond donors (Lipinski definition) is 1. The molecule has 0 aliphatic carbocycles. The highest BCUT2D eigenvalue weighted by Gasteiger charge is 2.49. The maximum atomic E-state index is 13.3. The minimum atomic E-state index is -4.26. The number of amides is 1. The van der Waals surface area contributed by atoms with Gasteiger partial charge in [-0.1, -0.05) is 0 Å². The van der Waals surface area contributed by atoms with E-state index in [0.717, 1.165) is 0 Å². The van der Waals surface area contributed by atoms with E-state index in [1.54, 1.807) is 0 Å². The third-order valence-electron chi connectivity index (χ3n) is 2.09. The van der Waals surface area contributed by atoms with Crippen LogP contribution in [-0.2, 0) is 14.3 Å². The quantitative estimate of drug-likeness (QED) is 0.665. The van der Waals surface area contributed by atoms with Gasteiger partial charge >= 0.3 is 17.8 Å². The average Bonchev–Trinajstić information content (AvgIpc) is 2.39. The fourth-order valence-electron chi connectivity index (χ4n) is 1.15. The second kappa shape index (κ2) is 5.91. The van der Waals surface area contributed by atoms with Gasteiger partial charge in [0.15, 0.2) is 0 Å². The molecule has 1 amide bonds. The van der Waals surface area contributed by atoms with Crippen LogP contribution in [0.15, 0.2) is 24.3 Å². The van der Waals surface area contributed by atoms with Crippen molar-refractivity contribution in [1.29, 1.82) is 5.26 Å². The molecule has 5 nitrogen and oxygen atoms in total. The molecule has 0 bridgehead atoms. The smallest absolute Gasteiger partial charge is 0.419 e. The predicted octanol–water partition coefficient (Wildman–Crippen LogP) is 1.70. The van der Waals surface area contributed by atoms with E-state index < -0.39 is 17.8 Å². The number of nitrogens with one attached hydrogen (secondary N) is 1. The van der Waals surface area contributed by atoms with E-state index in [0.29, 0.717) is 5.56 Å². The van der Waals surface area contributed by atoms with E-state index in [1.165, 1.54) is 31.2 Å². The summed E-state index contributed by atoms with van der Waals surface area (Å²) in [6, 6.07) is 7.08. The minimum Gasteiger partial charge on any atom is -0.461 e. The number of benzene rings is 1. The van der Waals surface area contributed by atoms with E-state index in [-0.39, 0.29) is 12.3 Å². The molecule has 0 heterocycles. The first-order valence-electron chi connectivity index (χ1n) is 5.28. The Kier molecular flexibility index (Phi) is 4.53. The summed E-state index contributed by atoms with van der Waals surface area (Å²) >= 11 is 0. The van der Waals surface area contributed by atoms with Crippen molar-refractivity contribution in [2.24, 2.45) is 0 Å². The van der Waals surface area contributed by atoms with Gasteiger partial charge in [0.2, 0.25) is 0 Å². The maximum absolute atomic E-state index is 13.3. The van der Waals surface area contributed by atoms with Crippen molar-refractivity contribution in [3.05, 3.63) is 29.8 Å². The van der Waals surface area contributed by atoms with E-state index in [4.69, 9.17) is 5.26 Å². The Labute approximate surface area is 107 Å². The van der Waals surface area contributed by atoms with Crippen LogP contribution in [0.25, 0.3) is 0 Å². The molecule has 1 rings (SSSR count). The molecule has 1 aromatic carbocycles. The van der Waals surface area contributed by atoms with Crippen molar-refractivity contribution >= 4 is 17.6 Å². The third kappa shape index (κ3) is 3.48. The van der Waals surface area contributed by atoms with Gasteiger partial charge in [0.05, 0.1) is 18.2 Å². The Bertz CT molecular complexity index is 521. The second-order valence-electron chi connectivity index (χ2n) is 3.44. The molecule has 0 radical (unpaired) electrons. The maximum Gasteiger partial charge on any atom is 0.419 e. The van der Waals surface area contributed by atoms with Gasteiger partial charge in [-0.05, 0) is 31.2 Å². The summed E-state index contributed by atoms with van der Waals surface area (Å²) in [5.74, 6) is -7.94. The zero-order chi connectivity index (χ0) is 14.5. The van der Waals surface area contributed by atoms with Crippen LogP contribution in [0.3, 0.4) is 0 Å². The van der Waals surface area contributed by atoms with E-state index >= 15 is 0 Å². The number of carbonyl (C=O) groups is 2. The lowest BCUT2D eigenvalue weighted by Crippen LogP contribution is -2.43. The summed E-state index contributed by atoms with van der Waals surface area (Å²) in [6.45, 7) is 1.10. The summed E-state index contributed by atoms with van der Waals surface area (Å²) in [5.41, 5.74) is 0.364. The highest BCUT2D eigenvalue weighted by Crippen LogP contribution is 2.19. The van der Waals surface area contributed by atoms with Gasteiger partial charge in [-0.25, -0.2) is 4.79 Å². The Morgan fingerprint density at radius 1 is 1.37 bits per heavy atom. The molecule has 0 fully saturated rings. The average molecular weight is 268 g/mol. The Morgan fingerprint density at radius 2 is 1.95 bits per heavy atom. The molecule has 0 aromatic heterocycles. The Balaban J connectivity index is 2.78. The number of carbonyl (C=O) groups excluding carboxylic acids is 2. The first kappa shape index (κ1) is 14.6. The molecule has 0 spiro atoms. The first-order valence-corrected chi connectivity index (χ1v) is 5.28. The highest BCUT2D eigenvalue weighted by atomic mass is 19.3. The SMILES string of the molecule is CCOC(=O)C(F)(F)C(=O)Nc1ccc(C#N)cc1. The monoisotopic (exact) mass is 268 g/mol. The van der Waals surface area contributed by atoms with Gasteiger partial charge in [0.25, 0.3) is 0 Å². The van der Waals surface area contributed by atoms with E-state index in [1.807, 2.05) is 11.4 Å². The number of nitrogens with zero attached hydrogens (tertiary/aromatic N) is 1. The van der Waals surface area contributed by atoms with Crippen LogP contribution >= 0.6 is 0 Å². The van der Waals surface area contributed by atoms with Gasteiger partial charge in [-0.2, -0.15) is 14.0 Å². The topological polar surface area (TPSA) is 79.2 Å². The van der Waals surface area contributed by atoms with Crippen LogP contribution in [0, 0.1) is 11.3 Å². The number of esters is 1. The fourth-order valence-corrected chi connectivity index (χ4v) is 1.15. The van der Waals surface area contributed by atoms with Crippen LogP contribution in [-0.4, -0.2) is 24.4 Å². The van der Waals surface area contributed by atoms with Gasteiger partial charge in [-0.15, -0.1) is 0 Å². The molecule has 7 heteroatoms. The molecular formula is C12H10F2N2O3. The van der Waals surface area contributed by atoms with Crippen molar-refractivity contribution in [2.75, 3.05) is 11.9 Å². The number of halogens is 2. The highest BCUT2D eigenvalue weighted by molar-refractivity contribution is 6.10. The van der Waals surface area contributed by atoms with Gasteiger partial charge < -0.3 is 10.1 Å². The van der Waals surface area contributed by atoms with Gasteiger partial charge in [-0.3, -0.25) is 4.79 Å². The molecule has 19 heavy (non-hydrogen) atoms. The molecule has 0 unspecified atom stereocenters. The zero-order valence-electron chi connectivity index (χ0n) is 9.94.